The summed E-state index contributed by atoms with van der Waals surface area (Å²) < 4.78 is 7.38. The van der Waals surface area contributed by atoms with Crippen LogP contribution in [0.3, 0.4) is 0 Å². The predicted molar refractivity (Wildman–Crippen MR) is 96.2 cm³/mol. The van der Waals surface area contributed by atoms with Crippen LogP contribution in [0.25, 0.3) is 0 Å². The van der Waals surface area contributed by atoms with E-state index in [0.29, 0.717) is 12.3 Å². The van der Waals surface area contributed by atoms with Gasteiger partial charge in [0, 0.05) is 25.4 Å². The van der Waals surface area contributed by atoms with Gasteiger partial charge in [0.2, 0.25) is 0 Å². The number of ether oxygens (including phenoxy) is 1. The summed E-state index contributed by atoms with van der Waals surface area (Å²) in [5, 5.41) is 4.36. The Kier molecular flexibility index (Phi) is 5.46. The van der Waals surface area contributed by atoms with Gasteiger partial charge in [0.15, 0.2) is 6.61 Å². The highest BCUT2D eigenvalue weighted by Gasteiger charge is 2.11. The average Bonchev–Trinajstić information content (AvgIpc) is 3.08. The minimum atomic E-state index is -0.0698. The quantitative estimate of drug-likeness (QED) is 0.667. The molecule has 1 amide bonds. The summed E-state index contributed by atoms with van der Waals surface area (Å²) in [6, 6.07) is 19.5. The second kappa shape index (κ2) is 8.15. The van der Waals surface area contributed by atoms with Crippen molar-refractivity contribution in [3.05, 3.63) is 84.2 Å². The smallest absolute Gasteiger partial charge is 0.260 e. The van der Waals surface area contributed by atoms with Gasteiger partial charge in [-0.1, -0.05) is 48.5 Å². The second-order valence-corrected chi connectivity index (χ2v) is 5.88. The predicted octanol–water partition coefficient (Wildman–Crippen LogP) is 2.97. The van der Waals surface area contributed by atoms with Crippen LogP contribution in [0.5, 0.6) is 5.75 Å². The fourth-order valence-electron chi connectivity index (χ4n) is 2.48. The summed E-state index contributed by atoms with van der Waals surface area (Å²) in [7, 11) is 1.77. The van der Waals surface area contributed by atoms with E-state index < -0.39 is 0 Å². The molecule has 3 rings (SSSR count). The Hall–Kier alpha value is -3.08. The molecule has 2 aromatic carbocycles. The van der Waals surface area contributed by atoms with Gasteiger partial charge in [-0.3, -0.25) is 9.48 Å². The molecule has 0 saturated carbocycles. The van der Waals surface area contributed by atoms with Crippen molar-refractivity contribution in [1.29, 1.82) is 0 Å². The SMILES string of the molecule is CN(Cc1cnn(Cc2ccccc2)c1)C(=O)COc1ccccc1. The van der Waals surface area contributed by atoms with Crippen molar-refractivity contribution >= 4 is 5.91 Å². The van der Waals surface area contributed by atoms with Crippen LogP contribution in [-0.4, -0.2) is 34.2 Å². The largest absolute Gasteiger partial charge is 0.484 e. The Balaban J connectivity index is 1.50. The van der Waals surface area contributed by atoms with Gasteiger partial charge in [-0.15, -0.1) is 0 Å². The summed E-state index contributed by atoms with van der Waals surface area (Å²) in [5.41, 5.74) is 2.18. The molecule has 25 heavy (non-hydrogen) atoms. The van der Waals surface area contributed by atoms with E-state index in [1.807, 2.05) is 59.4 Å². The maximum absolute atomic E-state index is 12.2. The molecular weight excluding hydrogens is 314 g/mol. The van der Waals surface area contributed by atoms with E-state index in [0.717, 1.165) is 12.1 Å². The molecule has 0 N–H and O–H groups in total. The third-order valence-electron chi connectivity index (χ3n) is 3.83. The zero-order valence-electron chi connectivity index (χ0n) is 14.2. The van der Waals surface area contributed by atoms with Gasteiger partial charge >= 0.3 is 0 Å². The maximum Gasteiger partial charge on any atom is 0.260 e. The standard InChI is InChI=1S/C20H21N3O2/c1-22(20(24)16-25-19-10-6-3-7-11-19)13-18-12-21-23(15-18)14-17-8-4-2-5-9-17/h2-12,15H,13-14,16H2,1H3. The van der Waals surface area contributed by atoms with E-state index in [9.17, 15) is 4.79 Å². The first-order valence-corrected chi connectivity index (χ1v) is 8.18. The highest BCUT2D eigenvalue weighted by atomic mass is 16.5. The van der Waals surface area contributed by atoms with E-state index in [-0.39, 0.29) is 12.5 Å². The number of aromatic nitrogens is 2. The van der Waals surface area contributed by atoms with Crippen LogP contribution in [0.15, 0.2) is 73.1 Å². The van der Waals surface area contributed by atoms with Crippen LogP contribution in [0.4, 0.5) is 0 Å². The molecule has 0 radical (unpaired) electrons. The summed E-state index contributed by atoms with van der Waals surface area (Å²) >= 11 is 0. The van der Waals surface area contributed by atoms with Gasteiger partial charge in [-0.05, 0) is 17.7 Å². The molecule has 3 aromatic rings. The van der Waals surface area contributed by atoms with Crippen LogP contribution in [0.2, 0.25) is 0 Å². The number of hydrogen-bond donors (Lipinski definition) is 0. The van der Waals surface area contributed by atoms with Crippen LogP contribution in [-0.2, 0) is 17.9 Å². The minimum Gasteiger partial charge on any atom is -0.484 e. The van der Waals surface area contributed by atoms with Crippen molar-refractivity contribution in [3.63, 3.8) is 0 Å². The Morgan fingerprint density at radius 2 is 1.72 bits per heavy atom. The summed E-state index contributed by atoms with van der Waals surface area (Å²) in [6.45, 7) is 1.25. The fourth-order valence-corrected chi connectivity index (χ4v) is 2.48. The van der Waals surface area contributed by atoms with Crippen LogP contribution >= 0.6 is 0 Å². The summed E-state index contributed by atoms with van der Waals surface area (Å²) in [5.74, 6) is 0.625. The number of para-hydroxylation sites is 1. The highest BCUT2D eigenvalue weighted by Crippen LogP contribution is 2.09. The molecule has 0 atom stereocenters. The van der Waals surface area contributed by atoms with Crippen molar-refractivity contribution in [2.75, 3.05) is 13.7 Å². The molecule has 0 aliphatic heterocycles. The highest BCUT2D eigenvalue weighted by molar-refractivity contribution is 5.77. The number of carbonyl (C=O) groups is 1. The third kappa shape index (κ3) is 4.94. The van der Waals surface area contributed by atoms with Crippen molar-refractivity contribution in [1.82, 2.24) is 14.7 Å². The summed E-state index contributed by atoms with van der Waals surface area (Å²) in [4.78, 5) is 13.8. The Labute approximate surface area is 147 Å². The first-order valence-electron chi connectivity index (χ1n) is 8.18. The lowest BCUT2D eigenvalue weighted by Crippen LogP contribution is -2.30. The lowest BCUT2D eigenvalue weighted by Gasteiger charge is -2.16. The van der Waals surface area contributed by atoms with Gasteiger partial charge in [0.1, 0.15) is 5.75 Å². The van der Waals surface area contributed by atoms with Crippen LogP contribution in [0, 0.1) is 0 Å². The number of rotatable bonds is 7. The van der Waals surface area contributed by atoms with Crippen molar-refractivity contribution in [3.8, 4) is 5.75 Å². The van der Waals surface area contributed by atoms with Gasteiger partial charge in [0.05, 0.1) is 12.7 Å². The molecule has 1 heterocycles. The molecular formula is C20H21N3O2. The van der Waals surface area contributed by atoms with E-state index in [1.165, 1.54) is 5.56 Å². The number of benzene rings is 2. The summed E-state index contributed by atoms with van der Waals surface area (Å²) in [6.07, 6.45) is 3.76. The molecule has 0 fully saturated rings. The molecule has 0 bridgehead atoms. The van der Waals surface area contributed by atoms with Crippen molar-refractivity contribution < 1.29 is 9.53 Å². The van der Waals surface area contributed by atoms with Crippen molar-refractivity contribution in [2.24, 2.45) is 0 Å². The second-order valence-electron chi connectivity index (χ2n) is 5.88. The van der Waals surface area contributed by atoms with Crippen LogP contribution in [0.1, 0.15) is 11.1 Å². The number of nitrogens with zero attached hydrogens (tertiary/aromatic N) is 3. The monoisotopic (exact) mass is 335 g/mol. The zero-order valence-corrected chi connectivity index (χ0v) is 14.2. The molecule has 5 nitrogen and oxygen atoms in total. The first-order chi connectivity index (χ1) is 12.2. The first kappa shape index (κ1) is 16.8. The van der Waals surface area contributed by atoms with Gasteiger partial charge < -0.3 is 9.64 Å². The van der Waals surface area contributed by atoms with E-state index in [2.05, 4.69) is 17.2 Å². The number of amides is 1. The number of likely N-dealkylation sites (N-methyl/N-ethyl adjacent to an activating group) is 1. The molecule has 5 heteroatoms. The van der Waals surface area contributed by atoms with Crippen LogP contribution < -0.4 is 4.74 Å². The topological polar surface area (TPSA) is 47.4 Å². The van der Waals surface area contributed by atoms with E-state index in [4.69, 9.17) is 4.74 Å². The molecule has 0 unspecified atom stereocenters. The molecule has 0 saturated heterocycles. The zero-order chi connectivity index (χ0) is 17.5. The lowest BCUT2D eigenvalue weighted by molar-refractivity contribution is -0.132. The van der Waals surface area contributed by atoms with Gasteiger partial charge in [-0.25, -0.2) is 0 Å². The molecule has 0 aliphatic rings. The minimum absolute atomic E-state index is 0.0265. The number of hydrogen-bond acceptors (Lipinski definition) is 3. The Morgan fingerprint density at radius 1 is 1.04 bits per heavy atom. The molecule has 0 aliphatic carbocycles. The van der Waals surface area contributed by atoms with Gasteiger partial charge in [-0.2, -0.15) is 5.10 Å². The lowest BCUT2D eigenvalue weighted by atomic mass is 10.2. The molecule has 128 valence electrons. The van der Waals surface area contributed by atoms with E-state index >= 15 is 0 Å². The van der Waals surface area contributed by atoms with Crippen molar-refractivity contribution in [2.45, 2.75) is 13.1 Å². The van der Waals surface area contributed by atoms with E-state index in [1.54, 1.807) is 18.1 Å². The van der Waals surface area contributed by atoms with Gasteiger partial charge in [0.25, 0.3) is 5.91 Å². The normalized spacial score (nSPS) is 10.4. The molecule has 1 aromatic heterocycles. The third-order valence-corrected chi connectivity index (χ3v) is 3.83. The average molecular weight is 335 g/mol. The fraction of sp³-hybridized carbons (Fsp3) is 0.200. The molecule has 0 spiro atoms. The maximum atomic E-state index is 12.2. The number of carbonyl (C=O) groups excluding carboxylic acids is 1. The Morgan fingerprint density at radius 3 is 2.44 bits per heavy atom. The Bertz CT molecular complexity index is 800.